The van der Waals surface area contributed by atoms with E-state index >= 15 is 0 Å². The predicted octanol–water partition coefficient (Wildman–Crippen LogP) is 3.10. The summed E-state index contributed by atoms with van der Waals surface area (Å²) in [4.78, 5) is 0.258. The van der Waals surface area contributed by atoms with Crippen molar-refractivity contribution in [3.63, 3.8) is 0 Å². The number of anilines is 1. The van der Waals surface area contributed by atoms with Gasteiger partial charge in [-0.2, -0.15) is 4.31 Å². The molecule has 0 radical (unpaired) electrons. The first-order valence-corrected chi connectivity index (χ1v) is 9.60. The third-order valence-electron chi connectivity index (χ3n) is 4.38. The van der Waals surface area contributed by atoms with Crippen molar-refractivity contribution in [2.24, 2.45) is 0 Å². The fourth-order valence-corrected chi connectivity index (χ4v) is 4.41. The molecule has 0 aliphatic carbocycles. The van der Waals surface area contributed by atoms with E-state index in [4.69, 9.17) is 4.74 Å². The highest BCUT2D eigenvalue weighted by atomic mass is 32.2. The van der Waals surface area contributed by atoms with Crippen LogP contribution in [0.1, 0.15) is 12.8 Å². The van der Waals surface area contributed by atoms with Crippen LogP contribution in [0.15, 0.2) is 53.4 Å². The molecule has 134 valence electrons. The number of sulfonamides is 1. The third-order valence-corrected chi connectivity index (χ3v) is 6.30. The van der Waals surface area contributed by atoms with Gasteiger partial charge < -0.3 is 10.1 Å². The molecule has 2 aromatic rings. The van der Waals surface area contributed by atoms with Crippen molar-refractivity contribution in [3.05, 3.63) is 54.3 Å². The van der Waals surface area contributed by atoms with E-state index in [1.165, 1.54) is 17.5 Å². The molecule has 3 rings (SSSR count). The molecule has 0 aromatic heterocycles. The Balaban J connectivity index is 1.64. The standard InChI is InChI=1S/C18H21FN2O3S/c1-24-15-6-8-16(9-7-15)25(22,23)21-12-10-14(11-13-21)20-18-5-3-2-4-17(18)19/h2-9,14,20H,10-13H2,1H3. The number of hydrogen-bond acceptors (Lipinski definition) is 4. The van der Waals surface area contributed by atoms with Crippen molar-refractivity contribution in [2.75, 3.05) is 25.5 Å². The molecule has 7 heteroatoms. The van der Waals surface area contributed by atoms with Crippen molar-refractivity contribution in [2.45, 2.75) is 23.8 Å². The number of rotatable bonds is 5. The van der Waals surface area contributed by atoms with Crippen LogP contribution in [0.25, 0.3) is 0 Å². The van der Waals surface area contributed by atoms with E-state index < -0.39 is 10.0 Å². The predicted molar refractivity (Wildman–Crippen MR) is 94.8 cm³/mol. The van der Waals surface area contributed by atoms with Crippen molar-refractivity contribution < 1.29 is 17.5 Å². The summed E-state index contributed by atoms with van der Waals surface area (Å²) in [6.45, 7) is 0.807. The average molecular weight is 364 g/mol. The summed E-state index contributed by atoms with van der Waals surface area (Å²) in [5.41, 5.74) is 0.457. The molecule has 5 nitrogen and oxygen atoms in total. The van der Waals surface area contributed by atoms with Gasteiger partial charge in [-0.15, -0.1) is 0 Å². The van der Waals surface area contributed by atoms with Crippen LogP contribution in [0.4, 0.5) is 10.1 Å². The molecule has 0 spiro atoms. The third kappa shape index (κ3) is 3.93. The molecule has 0 atom stereocenters. The molecule has 2 aromatic carbocycles. The van der Waals surface area contributed by atoms with Crippen LogP contribution < -0.4 is 10.1 Å². The van der Waals surface area contributed by atoms with Crippen LogP contribution in [-0.2, 0) is 10.0 Å². The summed E-state index contributed by atoms with van der Waals surface area (Å²) in [6, 6.07) is 13.0. The van der Waals surface area contributed by atoms with Crippen molar-refractivity contribution in [3.8, 4) is 5.75 Å². The van der Waals surface area contributed by atoms with Crippen molar-refractivity contribution in [1.29, 1.82) is 0 Å². The molecule has 1 N–H and O–H groups in total. The van der Waals surface area contributed by atoms with Gasteiger partial charge in [0.25, 0.3) is 0 Å². The maximum atomic E-state index is 13.7. The van der Waals surface area contributed by atoms with E-state index in [1.54, 1.807) is 42.5 Å². The van der Waals surface area contributed by atoms with Gasteiger partial charge in [-0.25, -0.2) is 12.8 Å². The summed E-state index contributed by atoms with van der Waals surface area (Å²) in [6.07, 6.45) is 1.26. The smallest absolute Gasteiger partial charge is 0.243 e. The highest BCUT2D eigenvalue weighted by molar-refractivity contribution is 7.89. The van der Waals surface area contributed by atoms with E-state index in [-0.39, 0.29) is 16.8 Å². The summed E-state index contributed by atoms with van der Waals surface area (Å²) in [7, 11) is -1.98. The summed E-state index contributed by atoms with van der Waals surface area (Å²) < 4.78 is 45.7. The zero-order valence-electron chi connectivity index (χ0n) is 14.0. The van der Waals surface area contributed by atoms with Gasteiger partial charge in [0.05, 0.1) is 17.7 Å². The number of hydrogen-bond donors (Lipinski definition) is 1. The van der Waals surface area contributed by atoms with Gasteiger partial charge in [-0.05, 0) is 49.2 Å². The zero-order valence-corrected chi connectivity index (χ0v) is 14.8. The van der Waals surface area contributed by atoms with Gasteiger partial charge in [0.15, 0.2) is 0 Å². The lowest BCUT2D eigenvalue weighted by molar-refractivity contribution is 0.329. The molecule has 1 aliphatic heterocycles. The molecule has 0 amide bonds. The number of para-hydroxylation sites is 1. The van der Waals surface area contributed by atoms with Crippen LogP contribution in [0.5, 0.6) is 5.75 Å². The van der Waals surface area contributed by atoms with E-state index in [0.717, 1.165) is 0 Å². The SMILES string of the molecule is COc1ccc(S(=O)(=O)N2CCC(Nc3ccccc3F)CC2)cc1. The number of benzene rings is 2. The highest BCUT2D eigenvalue weighted by Crippen LogP contribution is 2.24. The van der Waals surface area contributed by atoms with Gasteiger partial charge in [0, 0.05) is 19.1 Å². The Morgan fingerprint density at radius 2 is 1.72 bits per heavy atom. The Morgan fingerprint density at radius 3 is 2.32 bits per heavy atom. The van der Waals surface area contributed by atoms with Crippen LogP contribution in [0.2, 0.25) is 0 Å². The number of nitrogens with one attached hydrogen (secondary N) is 1. The number of ether oxygens (including phenoxy) is 1. The molecular weight excluding hydrogens is 343 g/mol. The van der Waals surface area contributed by atoms with Crippen molar-refractivity contribution in [1.82, 2.24) is 4.31 Å². The average Bonchev–Trinajstić information content (AvgIpc) is 2.64. The van der Waals surface area contributed by atoms with Crippen LogP contribution in [0, 0.1) is 5.82 Å². The lowest BCUT2D eigenvalue weighted by Gasteiger charge is -2.32. The van der Waals surface area contributed by atoms with E-state index in [9.17, 15) is 12.8 Å². The second-order valence-corrected chi connectivity index (χ2v) is 7.92. The van der Waals surface area contributed by atoms with Gasteiger partial charge in [-0.1, -0.05) is 12.1 Å². The summed E-state index contributed by atoms with van der Waals surface area (Å²) in [5.74, 6) is 0.322. The normalized spacial score (nSPS) is 16.6. The maximum Gasteiger partial charge on any atom is 0.243 e. The Morgan fingerprint density at radius 1 is 1.08 bits per heavy atom. The van der Waals surface area contributed by atoms with Gasteiger partial charge in [0.1, 0.15) is 11.6 Å². The van der Waals surface area contributed by atoms with E-state index in [0.29, 0.717) is 37.4 Å². The molecular formula is C18H21FN2O3S. The molecule has 1 heterocycles. The first-order valence-electron chi connectivity index (χ1n) is 8.16. The molecule has 0 saturated carbocycles. The Labute approximate surface area is 147 Å². The first kappa shape index (κ1) is 17.7. The molecule has 1 fully saturated rings. The fourth-order valence-electron chi connectivity index (χ4n) is 2.94. The molecule has 0 unspecified atom stereocenters. The molecule has 1 aliphatic rings. The Bertz CT molecular complexity index is 816. The lowest BCUT2D eigenvalue weighted by atomic mass is 10.1. The first-order chi connectivity index (χ1) is 12.0. The fraction of sp³-hybridized carbons (Fsp3) is 0.333. The summed E-state index contributed by atoms with van der Waals surface area (Å²) in [5, 5.41) is 3.16. The summed E-state index contributed by atoms with van der Waals surface area (Å²) >= 11 is 0. The Kier molecular flexibility index (Phi) is 5.24. The highest BCUT2D eigenvalue weighted by Gasteiger charge is 2.29. The van der Waals surface area contributed by atoms with Gasteiger partial charge >= 0.3 is 0 Å². The number of halogens is 1. The molecule has 25 heavy (non-hydrogen) atoms. The minimum Gasteiger partial charge on any atom is -0.497 e. The number of nitrogens with zero attached hydrogens (tertiary/aromatic N) is 1. The Hall–Kier alpha value is -2.12. The largest absolute Gasteiger partial charge is 0.497 e. The minimum atomic E-state index is -3.52. The molecule has 0 bridgehead atoms. The molecule has 1 saturated heterocycles. The zero-order chi connectivity index (χ0) is 17.9. The van der Waals surface area contributed by atoms with Gasteiger partial charge in [-0.3, -0.25) is 0 Å². The maximum absolute atomic E-state index is 13.7. The quantitative estimate of drug-likeness (QED) is 0.886. The second-order valence-electron chi connectivity index (χ2n) is 5.98. The number of methoxy groups -OCH3 is 1. The van der Waals surface area contributed by atoms with Crippen LogP contribution in [-0.4, -0.2) is 39.0 Å². The topological polar surface area (TPSA) is 58.6 Å². The second kappa shape index (κ2) is 7.41. The van der Waals surface area contributed by atoms with Crippen LogP contribution in [0.3, 0.4) is 0 Å². The monoisotopic (exact) mass is 364 g/mol. The van der Waals surface area contributed by atoms with Gasteiger partial charge in [0.2, 0.25) is 10.0 Å². The number of piperidine rings is 1. The van der Waals surface area contributed by atoms with E-state index in [1.807, 2.05) is 0 Å². The minimum absolute atomic E-state index is 0.0548. The van der Waals surface area contributed by atoms with Crippen molar-refractivity contribution >= 4 is 15.7 Å². The van der Waals surface area contributed by atoms with E-state index in [2.05, 4.69) is 5.32 Å². The lowest BCUT2D eigenvalue weighted by Crippen LogP contribution is -2.42. The van der Waals surface area contributed by atoms with Crippen LogP contribution >= 0.6 is 0 Å².